The van der Waals surface area contributed by atoms with Crippen LogP contribution in [0.25, 0.3) is 10.9 Å². The summed E-state index contributed by atoms with van der Waals surface area (Å²) in [6.07, 6.45) is 5.81. The third-order valence-electron chi connectivity index (χ3n) is 9.33. The monoisotopic (exact) mass is 529 g/mol. The number of hydrogen-bond acceptors (Lipinski definition) is 7. The number of methoxy groups -OCH3 is 1. The fraction of sp³-hybridized carbons (Fsp3) is 0.562. The van der Waals surface area contributed by atoms with Gasteiger partial charge in [0.15, 0.2) is 0 Å². The highest BCUT2D eigenvalue weighted by Gasteiger charge is 2.37. The minimum atomic E-state index is 0.103. The van der Waals surface area contributed by atoms with Crippen LogP contribution in [0.15, 0.2) is 42.5 Å². The molecule has 0 radical (unpaired) electrons. The topological polar surface area (TPSA) is 54.0 Å². The molecule has 0 amide bonds. The van der Waals surface area contributed by atoms with Crippen LogP contribution in [0.4, 0.5) is 11.5 Å². The maximum Gasteiger partial charge on any atom is 0.140 e. The summed E-state index contributed by atoms with van der Waals surface area (Å²) < 4.78 is 11.2. The molecule has 1 aliphatic carbocycles. The third kappa shape index (κ3) is 5.44. The summed E-state index contributed by atoms with van der Waals surface area (Å²) in [5.74, 6) is 3.66. The Morgan fingerprint density at radius 1 is 1.03 bits per heavy atom. The predicted molar refractivity (Wildman–Crippen MR) is 158 cm³/mol. The first-order valence-corrected chi connectivity index (χ1v) is 14.8. The Labute approximate surface area is 233 Å². The minimum absolute atomic E-state index is 0.103. The normalized spacial score (nSPS) is 20.1. The van der Waals surface area contributed by atoms with E-state index in [4.69, 9.17) is 19.4 Å². The highest BCUT2D eigenvalue weighted by molar-refractivity contribution is 5.92. The first kappa shape index (κ1) is 26.3. The number of hydrogen-bond donors (Lipinski definition) is 0. The number of nitrogens with zero attached hydrogens (tertiary/aromatic N) is 5. The Hall–Kier alpha value is -2.90. The van der Waals surface area contributed by atoms with Gasteiger partial charge >= 0.3 is 0 Å². The van der Waals surface area contributed by atoms with Crippen LogP contribution in [0.1, 0.15) is 56.3 Å². The zero-order valence-corrected chi connectivity index (χ0v) is 23.9. The summed E-state index contributed by atoms with van der Waals surface area (Å²) in [6.45, 7) is 10.1. The van der Waals surface area contributed by atoms with Gasteiger partial charge in [0.05, 0.1) is 25.8 Å². The summed E-state index contributed by atoms with van der Waals surface area (Å²) in [6, 6.07) is 15.3. The number of anilines is 2. The molecule has 2 aliphatic heterocycles. The molecule has 6 rings (SSSR count). The van der Waals surface area contributed by atoms with E-state index in [1.807, 2.05) is 0 Å². The highest BCUT2D eigenvalue weighted by atomic mass is 16.5. The molecule has 1 saturated carbocycles. The number of aromatic nitrogens is 2. The molecule has 1 aromatic heterocycles. The van der Waals surface area contributed by atoms with E-state index in [9.17, 15) is 0 Å². The molecular formula is C32H43N5O2. The molecule has 3 aliphatic rings. The molecule has 0 unspecified atom stereocenters. The SMILES string of the molecule is COc1ccccc1C1CCN(c2nc(C3(C)CCC3)nc3ccc(N(C)CCN4CCOCC4)cc23)CC1. The van der Waals surface area contributed by atoms with Crippen molar-refractivity contribution in [1.29, 1.82) is 0 Å². The fourth-order valence-corrected chi connectivity index (χ4v) is 6.43. The quantitative estimate of drug-likeness (QED) is 0.396. The zero-order valence-electron chi connectivity index (χ0n) is 23.9. The molecule has 3 heterocycles. The summed E-state index contributed by atoms with van der Waals surface area (Å²) in [7, 11) is 3.98. The van der Waals surface area contributed by atoms with E-state index >= 15 is 0 Å². The second-order valence-corrected chi connectivity index (χ2v) is 11.9. The molecule has 3 aromatic rings. The number of likely N-dealkylation sites (N-methyl/N-ethyl adjacent to an activating group) is 1. The van der Waals surface area contributed by atoms with Gasteiger partial charge in [-0.3, -0.25) is 4.90 Å². The maximum atomic E-state index is 5.69. The van der Waals surface area contributed by atoms with Crippen LogP contribution >= 0.6 is 0 Å². The second kappa shape index (κ2) is 11.3. The van der Waals surface area contributed by atoms with Gasteiger partial charge in [0.2, 0.25) is 0 Å². The van der Waals surface area contributed by atoms with Crippen molar-refractivity contribution in [2.45, 2.75) is 50.4 Å². The molecule has 7 heteroatoms. The maximum absolute atomic E-state index is 5.69. The van der Waals surface area contributed by atoms with Crippen LogP contribution in [0.3, 0.4) is 0 Å². The lowest BCUT2D eigenvalue weighted by Gasteiger charge is -2.38. The number of fused-ring (bicyclic) bond motifs is 1. The first-order chi connectivity index (χ1) is 19.0. The van der Waals surface area contributed by atoms with Gasteiger partial charge in [-0.25, -0.2) is 9.97 Å². The Balaban J connectivity index is 1.26. The van der Waals surface area contributed by atoms with Gasteiger partial charge in [0.1, 0.15) is 17.4 Å². The van der Waals surface area contributed by atoms with E-state index in [1.165, 1.54) is 35.9 Å². The van der Waals surface area contributed by atoms with Gasteiger partial charge < -0.3 is 19.3 Å². The minimum Gasteiger partial charge on any atom is -0.496 e. The number of para-hydroxylation sites is 1. The van der Waals surface area contributed by atoms with E-state index in [2.05, 4.69) is 71.1 Å². The lowest BCUT2D eigenvalue weighted by Crippen LogP contribution is -2.40. The van der Waals surface area contributed by atoms with Crippen LogP contribution in [0, 0.1) is 0 Å². The lowest BCUT2D eigenvalue weighted by atomic mass is 9.70. The highest BCUT2D eigenvalue weighted by Crippen LogP contribution is 2.44. The van der Waals surface area contributed by atoms with Crippen LogP contribution < -0.4 is 14.5 Å². The Kier molecular flexibility index (Phi) is 7.63. The van der Waals surface area contributed by atoms with E-state index in [0.717, 1.165) is 88.2 Å². The average Bonchev–Trinajstić information content (AvgIpc) is 2.98. The second-order valence-electron chi connectivity index (χ2n) is 11.9. The summed E-state index contributed by atoms with van der Waals surface area (Å²) in [4.78, 5) is 17.8. The van der Waals surface area contributed by atoms with E-state index in [0.29, 0.717) is 5.92 Å². The number of morpholine rings is 1. The number of benzene rings is 2. The largest absolute Gasteiger partial charge is 0.496 e. The van der Waals surface area contributed by atoms with Gasteiger partial charge in [-0.05, 0) is 61.4 Å². The van der Waals surface area contributed by atoms with Crippen molar-refractivity contribution in [2.24, 2.45) is 0 Å². The van der Waals surface area contributed by atoms with Crippen molar-refractivity contribution in [1.82, 2.24) is 14.9 Å². The van der Waals surface area contributed by atoms with E-state index < -0.39 is 0 Å². The summed E-state index contributed by atoms with van der Waals surface area (Å²) in [5, 5.41) is 1.17. The van der Waals surface area contributed by atoms with Gasteiger partial charge in [-0.1, -0.05) is 31.5 Å². The molecule has 39 heavy (non-hydrogen) atoms. The smallest absolute Gasteiger partial charge is 0.140 e. The van der Waals surface area contributed by atoms with Crippen LogP contribution in [-0.2, 0) is 10.2 Å². The first-order valence-electron chi connectivity index (χ1n) is 14.8. The molecule has 0 spiro atoms. The number of rotatable bonds is 8. The molecule has 208 valence electrons. The van der Waals surface area contributed by atoms with Gasteiger partial charge in [0, 0.05) is 62.8 Å². The van der Waals surface area contributed by atoms with Crippen molar-refractivity contribution in [2.75, 3.05) is 76.4 Å². The molecule has 2 saturated heterocycles. The summed E-state index contributed by atoms with van der Waals surface area (Å²) >= 11 is 0. The molecule has 2 aromatic carbocycles. The lowest BCUT2D eigenvalue weighted by molar-refractivity contribution is 0.0393. The fourth-order valence-electron chi connectivity index (χ4n) is 6.43. The average molecular weight is 530 g/mol. The van der Waals surface area contributed by atoms with Crippen molar-refractivity contribution < 1.29 is 9.47 Å². The van der Waals surface area contributed by atoms with Crippen LogP contribution in [0.5, 0.6) is 5.75 Å². The predicted octanol–water partition coefficient (Wildman–Crippen LogP) is 5.23. The van der Waals surface area contributed by atoms with Crippen molar-refractivity contribution in [3.63, 3.8) is 0 Å². The standard InChI is InChI=1S/C32H43N5O2/c1-32(13-6-14-32)31-33-28-10-9-25(35(2)17-18-36-19-21-39-22-20-36)23-27(28)30(34-31)37-15-11-24(12-16-37)26-7-4-5-8-29(26)38-3/h4-5,7-10,23-24H,6,11-22H2,1-3H3. The number of piperidine rings is 1. The Morgan fingerprint density at radius 3 is 2.51 bits per heavy atom. The summed E-state index contributed by atoms with van der Waals surface area (Å²) in [5.41, 5.74) is 3.73. The zero-order chi connectivity index (χ0) is 26.8. The Bertz CT molecular complexity index is 1280. The van der Waals surface area contributed by atoms with Crippen LogP contribution in [0.2, 0.25) is 0 Å². The van der Waals surface area contributed by atoms with E-state index in [1.54, 1.807) is 7.11 Å². The molecule has 0 N–H and O–H groups in total. The molecule has 7 nitrogen and oxygen atoms in total. The Morgan fingerprint density at radius 2 is 1.79 bits per heavy atom. The molecular weight excluding hydrogens is 486 g/mol. The van der Waals surface area contributed by atoms with Gasteiger partial charge in [-0.2, -0.15) is 0 Å². The third-order valence-corrected chi connectivity index (χ3v) is 9.33. The van der Waals surface area contributed by atoms with Crippen LogP contribution in [-0.4, -0.2) is 81.5 Å². The van der Waals surface area contributed by atoms with Crippen molar-refractivity contribution >= 4 is 22.4 Å². The van der Waals surface area contributed by atoms with Gasteiger partial charge in [-0.15, -0.1) is 0 Å². The number of ether oxygens (including phenoxy) is 2. The van der Waals surface area contributed by atoms with Crippen molar-refractivity contribution in [3.05, 3.63) is 53.9 Å². The molecule has 0 atom stereocenters. The van der Waals surface area contributed by atoms with Crippen molar-refractivity contribution in [3.8, 4) is 5.75 Å². The molecule has 3 fully saturated rings. The van der Waals surface area contributed by atoms with E-state index in [-0.39, 0.29) is 5.41 Å². The molecule has 0 bridgehead atoms. The van der Waals surface area contributed by atoms with Gasteiger partial charge in [0.25, 0.3) is 0 Å².